The second-order valence-electron chi connectivity index (χ2n) is 9.22. The molecule has 2 aromatic carbocycles. The monoisotopic (exact) mass is 531 g/mol. The van der Waals surface area contributed by atoms with E-state index in [4.69, 9.17) is 0 Å². The highest BCUT2D eigenvalue weighted by Gasteiger charge is 2.31. The molecule has 0 unspecified atom stereocenters. The number of carboxylic acids is 1. The topological polar surface area (TPSA) is 103 Å². The van der Waals surface area contributed by atoms with Crippen molar-refractivity contribution >= 4 is 32.7 Å². The van der Waals surface area contributed by atoms with Gasteiger partial charge >= 0.3 is 11.9 Å². The highest BCUT2D eigenvalue weighted by atomic mass is 32.2. The van der Waals surface area contributed by atoms with Crippen molar-refractivity contribution in [3.8, 4) is 0 Å². The van der Waals surface area contributed by atoms with Gasteiger partial charge in [-0.15, -0.1) is 0 Å². The predicted molar refractivity (Wildman–Crippen MR) is 140 cm³/mol. The van der Waals surface area contributed by atoms with E-state index in [1.807, 2.05) is 6.07 Å². The number of aliphatic carboxylic acids is 1. The van der Waals surface area contributed by atoms with Crippen LogP contribution in [0.2, 0.25) is 0 Å². The quantitative estimate of drug-likeness (QED) is 0.407. The summed E-state index contributed by atoms with van der Waals surface area (Å²) in [4.78, 5) is 21.5. The Bertz CT molecular complexity index is 1370. The van der Waals surface area contributed by atoms with Gasteiger partial charge in [-0.3, -0.25) is 9.59 Å². The lowest BCUT2D eigenvalue weighted by molar-refractivity contribution is -0.140. The molecule has 9 heteroatoms. The van der Waals surface area contributed by atoms with E-state index in [1.54, 1.807) is 42.7 Å². The second-order valence-corrected chi connectivity index (χ2v) is 11.4. The molecule has 0 atom stereocenters. The molecule has 3 aromatic rings. The number of carbonyl (C=O) groups excluding carboxylic acids is 1. The van der Waals surface area contributed by atoms with Crippen LogP contribution in [0.3, 0.4) is 0 Å². The molecular weight excluding hydrogens is 497 g/mol. The molecule has 1 N–H and O–H groups in total. The van der Waals surface area contributed by atoms with Crippen molar-refractivity contribution < 1.29 is 32.2 Å². The average Bonchev–Trinajstić information content (AvgIpc) is 3.10. The van der Waals surface area contributed by atoms with Gasteiger partial charge in [0.15, 0.2) is 9.84 Å². The molecule has 0 saturated heterocycles. The van der Waals surface area contributed by atoms with Crippen LogP contribution in [0.25, 0.3) is 10.9 Å². The van der Waals surface area contributed by atoms with Crippen molar-refractivity contribution in [2.45, 2.75) is 76.0 Å². The van der Waals surface area contributed by atoms with Crippen molar-refractivity contribution in [1.29, 1.82) is 0 Å². The van der Waals surface area contributed by atoms with Crippen molar-refractivity contribution in [2.24, 2.45) is 0 Å². The summed E-state index contributed by atoms with van der Waals surface area (Å²) < 4.78 is 46.9. The van der Waals surface area contributed by atoms with Crippen molar-refractivity contribution in [2.75, 3.05) is 6.61 Å². The molecular formula is C28H34FNO6S. The fraction of sp³-hybridized carbons (Fsp3) is 0.429. The number of halogens is 1. The Balaban J connectivity index is 0.000000568. The maximum atomic E-state index is 14.0. The molecule has 37 heavy (non-hydrogen) atoms. The standard InChI is InChI=1S/C24H26FNO4S.C4H8O2/c1-16-20(21-14-18(25)11-12-22(21)26(16)15-24(27)28)13-17-7-5-6-10-23(17)31(29,30)19-8-3-2-4-9-19;1-3-6-4(2)5/h5-7,10-12,14,19H,2-4,8-9,13,15H2,1H3,(H,27,28);3H2,1-2H3. The first-order valence-corrected chi connectivity index (χ1v) is 14.0. The molecule has 1 heterocycles. The molecule has 0 aliphatic heterocycles. The van der Waals surface area contributed by atoms with E-state index in [2.05, 4.69) is 4.74 Å². The van der Waals surface area contributed by atoms with Gasteiger partial charge in [0.1, 0.15) is 12.4 Å². The number of ether oxygens (including phenoxy) is 1. The number of rotatable bonds is 7. The first-order chi connectivity index (χ1) is 17.6. The number of carboxylic acid groups (broad SMARTS) is 1. The molecule has 1 aromatic heterocycles. The lowest BCUT2D eigenvalue weighted by Crippen LogP contribution is -2.25. The Kier molecular flexibility index (Phi) is 9.48. The number of fused-ring (bicyclic) bond motifs is 1. The van der Waals surface area contributed by atoms with Gasteiger partial charge in [0.05, 0.1) is 16.8 Å². The summed E-state index contributed by atoms with van der Waals surface area (Å²) in [6.07, 6.45) is 4.57. The number of sulfone groups is 1. The molecule has 0 radical (unpaired) electrons. The average molecular weight is 532 g/mol. The van der Waals surface area contributed by atoms with Gasteiger partial charge < -0.3 is 14.4 Å². The van der Waals surface area contributed by atoms with Crippen molar-refractivity contribution in [3.63, 3.8) is 0 Å². The zero-order valence-electron chi connectivity index (χ0n) is 21.5. The lowest BCUT2D eigenvalue weighted by atomic mass is 10.0. The molecule has 0 spiro atoms. The van der Waals surface area contributed by atoms with Crippen LogP contribution in [0.5, 0.6) is 0 Å². The number of nitrogens with zero attached hydrogens (tertiary/aromatic N) is 1. The maximum Gasteiger partial charge on any atom is 0.323 e. The summed E-state index contributed by atoms with van der Waals surface area (Å²) in [6.45, 7) is 5.21. The third-order valence-corrected chi connectivity index (χ3v) is 9.05. The molecule has 200 valence electrons. The van der Waals surface area contributed by atoms with Crippen LogP contribution >= 0.6 is 0 Å². The first kappa shape index (κ1) is 28.4. The summed E-state index contributed by atoms with van der Waals surface area (Å²) in [5.41, 5.74) is 2.74. The normalized spacial score (nSPS) is 14.2. The third kappa shape index (κ3) is 6.77. The minimum Gasteiger partial charge on any atom is -0.480 e. The Morgan fingerprint density at radius 3 is 2.38 bits per heavy atom. The van der Waals surface area contributed by atoms with E-state index in [9.17, 15) is 27.5 Å². The highest BCUT2D eigenvalue weighted by Crippen LogP contribution is 2.34. The third-order valence-electron chi connectivity index (χ3n) is 6.69. The first-order valence-electron chi connectivity index (χ1n) is 12.5. The zero-order chi connectivity index (χ0) is 27.2. The van der Waals surface area contributed by atoms with E-state index in [0.29, 0.717) is 52.9 Å². The molecule has 1 saturated carbocycles. The SMILES string of the molecule is CCOC(C)=O.Cc1c(Cc2ccccc2S(=O)(=O)C2CCCCC2)c2cc(F)ccc2n1CC(=O)O. The molecule has 1 aliphatic carbocycles. The van der Waals surface area contributed by atoms with Gasteiger partial charge in [-0.2, -0.15) is 0 Å². The van der Waals surface area contributed by atoms with Crippen LogP contribution < -0.4 is 0 Å². The summed E-state index contributed by atoms with van der Waals surface area (Å²) in [7, 11) is -3.47. The smallest absolute Gasteiger partial charge is 0.323 e. The maximum absolute atomic E-state index is 14.0. The van der Waals surface area contributed by atoms with Gasteiger partial charge in [0.2, 0.25) is 0 Å². The second kappa shape index (κ2) is 12.4. The van der Waals surface area contributed by atoms with Crippen LogP contribution in [-0.4, -0.2) is 41.9 Å². The fourth-order valence-corrected chi connectivity index (χ4v) is 7.05. The minimum absolute atomic E-state index is 0.211. The fourth-order valence-electron chi connectivity index (χ4n) is 4.96. The highest BCUT2D eigenvalue weighted by molar-refractivity contribution is 7.92. The molecule has 1 fully saturated rings. The predicted octanol–water partition coefficient (Wildman–Crippen LogP) is 5.44. The molecule has 0 bridgehead atoms. The van der Waals surface area contributed by atoms with E-state index in [1.165, 1.54) is 19.1 Å². The van der Waals surface area contributed by atoms with E-state index >= 15 is 0 Å². The van der Waals surface area contributed by atoms with Gasteiger partial charge in [0.25, 0.3) is 0 Å². The van der Waals surface area contributed by atoms with E-state index in [-0.39, 0.29) is 17.8 Å². The van der Waals surface area contributed by atoms with E-state index < -0.39 is 21.6 Å². The van der Waals surface area contributed by atoms with Crippen LogP contribution in [0.15, 0.2) is 47.4 Å². The van der Waals surface area contributed by atoms with Crippen molar-refractivity contribution in [3.05, 3.63) is 65.1 Å². The summed E-state index contributed by atoms with van der Waals surface area (Å²) in [5, 5.41) is 9.57. The number of hydrogen-bond acceptors (Lipinski definition) is 5. The molecule has 0 amide bonds. The zero-order valence-corrected chi connectivity index (χ0v) is 22.3. The van der Waals surface area contributed by atoms with Crippen LogP contribution in [0.4, 0.5) is 4.39 Å². The molecule has 4 rings (SSSR count). The number of benzene rings is 2. The molecule has 1 aliphatic rings. The van der Waals surface area contributed by atoms with Gasteiger partial charge in [0, 0.05) is 29.9 Å². The Morgan fingerprint density at radius 1 is 1.11 bits per heavy atom. The number of hydrogen-bond donors (Lipinski definition) is 1. The van der Waals surface area contributed by atoms with Gasteiger partial charge in [-0.25, -0.2) is 12.8 Å². The minimum atomic E-state index is -3.47. The van der Waals surface area contributed by atoms with E-state index in [0.717, 1.165) is 24.8 Å². The van der Waals surface area contributed by atoms with Crippen LogP contribution in [0.1, 0.15) is 62.8 Å². The summed E-state index contributed by atoms with van der Waals surface area (Å²) >= 11 is 0. The Labute approximate surface area is 217 Å². The number of carbonyl (C=O) groups is 2. The number of aromatic nitrogens is 1. The Hall–Kier alpha value is -3.20. The molecule has 7 nitrogen and oxygen atoms in total. The Morgan fingerprint density at radius 2 is 1.78 bits per heavy atom. The van der Waals surface area contributed by atoms with Gasteiger partial charge in [-0.05, 0) is 62.1 Å². The lowest BCUT2D eigenvalue weighted by Gasteiger charge is -2.23. The van der Waals surface area contributed by atoms with Crippen LogP contribution in [0, 0.1) is 12.7 Å². The van der Waals surface area contributed by atoms with Gasteiger partial charge in [-0.1, -0.05) is 37.5 Å². The summed E-state index contributed by atoms with van der Waals surface area (Å²) in [5.74, 6) is -1.61. The van der Waals surface area contributed by atoms with Crippen LogP contribution in [-0.2, 0) is 37.1 Å². The summed E-state index contributed by atoms with van der Waals surface area (Å²) in [6, 6.07) is 11.3. The largest absolute Gasteiger partial charge is 0.480 e. The number of esters is 1. The van der Waals surface area contributed by atoms with Crippen molar-refractivity contribution in [1.82, 2.24) is 4.57 Å².